The molecule has 0 aliphatic carbocycles. The highest BCUT2D eigenvalue weighted by atomic mass is 35.5. The number of hydrogen-bond acceptors (Lipinski definition) is 5. The Labute approximate surface area is 178 Å². The van der Waals surface area contributed by atoms with Crippen molar-refractivity contribution in [1.29, 1.82) is 0 Å². The Kier molecular flexibility index (Phi) is 5.79. The summed E-state index contributed by atoms with van der Waals surface area (Å²) in [5, 5.41) is 5.15. The number of nitrogens with one attached hydrogen (secondary N) is 1. The zero-order valence-corrected chi connectivity index (χ0v) is 17.2. The molecule has 4 aromatic rings. The summed E-state index contributed by atoms with van der Waals surface area (Å²) in [5.41, 5.74) is 2.40. The van der Waals surface area contributed by atoms with Gasteiger partial charge in [0.2, 0.25) is 0 Å². The highest BCUT2D eigenvalue weighted by Gasteiger charge is 2.12. The summed E-state index contributed by atoms with van der Waals surface area (Å²) in [4.78, 5) is 13.6. The van der Waals surface area contributed by atoms with Gasteiger partial charge in [-0.2, -0.15) is 0 Å². The van der Waals surface area contributed by atoms with Gasteiger partial charge in [-0.15, -0.1) is 0 Å². The van der Waals surface area contributed by atoms with E-state index in [1.165, 1.54) is 0 Å². The van der Waals surface area contributed by atoms with Crippen LogP contribution in [0.4, 0.5) is 11.5 Å². The first-order valence-corrected chi connectivity index (χ1v) is 9.96. The van der Waals surface area contributed by atoms with E-state index in [0.29, 0.717) is 28.3 Å². The van der Waals surface area contributed by atoms with Crippen LogP contribution in [0.5, 0.6) is 5.75 Å². The number of benzene rings is 2. The van der Waals surface area contributed by atoms with Gasteiger partial charge in [0, 0.05) is 29.0 Å². The maximum Gasteiger partial charge on any atom is 0.163 e. The molecule has 146 valence electrons. The van der Waals surface area contributed by atoms with E-state index in [2.05, 4.69) is 17.2 Å². The fraction of sp³-hybridized carbons (Fsp3) is 0.136. The summed E-state index contributed by atoms with van der Waals surface area (Å²) in [6, 6.07) is 14.9. The van der Waals surface area contributed by atoms with Gasteiger partial charge in [0.05, 0.1) is 22.2 Å². The number of pyridine rings is 1. The fourth-order valence-electron chi connectivity index (χ4n) is 2.85. The number of aromatic nitrogens is 3. The maximum absolute atomic E-state index is 6.17. The molecule has 0 aliphatic heterocycles. The Bertz CT molecular complexity index is 1150. The molecule has 0 radical (unpaired) electrons. The van der Waals surface area contributed by atoms with Crippen molar-refractivity contribution < 1.29 is 4.74 Å². The van der Waals surface area contributed by atoms with Crippen molar-refractivity contribution in [3.63, 3.8) is 0 Å². The summed E-state index contributed by atoms with van der Waals surface area (Å²) in [7, 11) is 0. The molecule has 7 heteroatoms. The molecule has 2 heterocycles. The first kappa shape index (κ1) is 19.4. The third kappa shape index (κ3) is 4.42. The summed E-state index contributed by atoms with van der Waals surface area (Å²) < 4.78 is 5.79. The van der Waals surface area contributed by atoms with Crippen LogP contribution >= 0.6 is 23.2 Å². The topological polar surface area (TPSA) is 59.9 Å². The number of ether oxygens (including phenoxy) is 1. The fourth-order valence-corrected chi connectivity index (χ4v) is 3.15. The highest BCUT2D eigenvalue weighted by Crippen LogP contribution is 2.32. The Balaban J connectivity index is 1.83. The number of halogens is 2. The Morgan fingerprint density at radius 1 is 1.00 bits per heavy atom. The van der Waals surface area contributed by atoms with Gasteiger partial charge in [0.1, 0.15) is 11.6 Å². The molecule has 0 fully saturated rings. The van der Waals surface area contributed by atoms with Crippen molar-refractivity contribution in [3.05, 3.63) is 71.0 Å². The molecule has 0 unspecified atom stereocenters. The lowest BCUT2D eigenvalue weighted by atomic mass is 10.2. The minimum Gasteiger partial charge on any atom is -0.494 e. The van der Waals surface area contributed by atoms with E-state index < -0.39 is 0 Å². The number of nitrogens with zero attached hydrogens (tertiary/aromatic N) is 3. The van der Waals surface area contributed by atoms with Crippen molar-refractivity contribution >= 4 is 45.6 Å². The van der Waals surface area contributed by atoms with Crippen molar-refractivity contribution in [3.8, 4) is 17.1 Å². The molecular formula is C22H18Cl2N4O. The summed E-state index contributed by atoms with van der Waals surface area (Å²) in [6.45, 7) is 2.72. The van der Waals surface area contributed by atoms with Crippen molar-refractivity contribution in [2.24, 2.45) is 0 Å². The second-order valence-electron chi connectivity index (χ2n) is 6.42. The quantitative estimate of drug-likeness (QED) is 0.381. The predicted molar refractivity (Wildman–Crippen MR) is 118 cm³/mol. The average molecular weight is 425 g/mol. The first-order chi connectivity index (χ1) is 14.1. The highest BCUT2D eigenvalue weighted by molar-refractivity contribution is 6.42. The minimum atomic E-state index is 0.467. The van der Waals surface area contributed by atoms with Crippen molar-refractivity contribution in [2.75, 3.05) is 11.9 Å². The molecule has 1 N–H and O–H groups in total. The van der Waals surface area contributed by atoms with E-state index in [1.807, 2.05) is 36.4 Å². The molecule has 0 aliphatic rings. The standard InChI is InChI=1S/C22H18Cl2N4O/c1-2-10-29-16-6-8-20-17(12-16)22(26-15-5-7-18(23)19(24)11-15)28-21(27-20)14-4-3-9-25-13-14/h3-9,11-13H,2,10H2,1H3,(H,26,27,28). The monoisotopic (exact) mass is 424 g/mol. The van der Waals surface area contributed by atoms with Crippen LogP contribution < -0.4 is 10.1 Å². The van der Waals surface area contributed by atoms with E-state index in [0.717, 1.165) is 34.3 Å². The van der Waals surface area contributed by atoms with Crippen LogP contribution in [0.15, 0.2) is 60.9 Å². The third-order valence-corrected chi connectivity index (χ3v) is 4.98. The molecule has 2 aromatic heterocycles. The largest absolute Gasteiger partial charge is 0.494 e. The van der Waals surface area contributed by atoms with Gasteiger partial charge in [-0.1, -0.05) is 30.1 Å². The molecule has 5 nitrogen and oxygen atoms in total. The van der Waals surface area contributed by atoms with Gasteiger partial charge in [0.15, 0.2) is 5.82 Å². The van der Waals surface area contributed by atoms with Gasteiger partial charge >= 0.3 is 0 Å². The molecule has 0 bridgehead atoms. The van der Waals surface area contributed by atoms with E-state index in [4.69, 9.17) is 37.9 Å². The molecule has 0 saturated heterocycles. The van der Waals surface area contributed by atoms with Gasteiger partial charge in [-0.3, -0.25) is 4.98 Å². The van der Waals surface area contributed by atoms with Gasteiger partial charge < -0.3 is 10.1 Å². The smallest absolute Gasteiger partial charge is 0.163 e. The average Bonchev–Trinajstić information content (AvgIpc) is 2.75. The third-order valence-electron chi connectivity index (χ3n) is 4.24. The van der Waals surface area contributed by atoms with Crippen LogP contribution in [0.1, 0.15) is 13.3 Å². The van der Waals surface area contributed by atoms with Crippen LogP contribution in [0.3, 0.4) is 0 Å². The molecule has 2 aromatic carbocycles. The van der Waals surface area contributed by atoms with Crippen LogP contribution in [0, 0.1) is 0 Å². The molecule has 29 heavy (non-hydrogen) atoms. The Morgan fingerprint density at radius 3 is 2.66 bits per heavy atom. The van der Waals surface area contributed by atoms with Crippen molar-refractivity contribution in [2.45, 2.75) is 13.3 Å². The predicted octanol–water partition coefficient (Wildman–Crippen LogP) is 6.53. The maximum atomic E-state index is 6.17. The van der Waals surface area contributed by atoms with Crippen LogP contribution in [0.2, 0.25) is 10.0 Å². The number of rotatable bonds is 6. The Morgan fingerprint density at radius 2 is 1.90 bits per heavy atom. The lowest BCUT2D eigenvalue weighted by Gasteiger charge is -2.13. The zero-order valence-electron chi connectivity index (χ0n) is 15.7. The normalized spacial score (nSPS) is 10.9. The molecule has 0 saturated carbocycles. The van der Waals surface area contributed by atoms with E-state index in [1.54, 1.807) is 24.5 Å². The molecule has 0 amide bonds. The number of hydrogen-bond donors (Lipinski definition) is 1. The molecular weight excluding hydrogens is 407 g/mol. The lowest BCUT2D eigenvalue weighted by molar-refractivity contribution is 0.318. The van der Waals surface area contributed by atoms with Gasteiger partial charge in [0.25, 0.3) is 0 Å². The number of anilines is 2. The van der Waals surface area contributed by atoms with E-state index >= 15 is 0 Å². The second kappa shape index (κ2) is 8.64. The second-order valence-corrected chi connectivity index (χ2v) is 7.23. The van der Waals surface area contributed by atoms with E-state index in [-0.39, 0.29) is 0 Å². The van der Waals surface area contributed by atoms with Crippen LogP contribution in [-0.2, 0) is 0 Å². The van der Waals surface area contributed by atoms with Gasteiger partial charge in [-0.25, -0.2) is 9.97 Å². The van der Waals surface area contributed by atoms with Crippen LogP contribution in [-0.4, -0.2) is 21.6 Å². The van der Waals surface area contributed by atoms with Gasteiger partial charge in [-0.05, 0) is 55.0 Å². The van der Waals surface area contributed by atoms with Crippen LogP contribution in [0.25, 0.3) is 22.3 Å². The summed E-state index contributed by atoms with van der Waals surface area (Å²) >= 11 is 12.2. The Hall–Kier alpha value is -2.89. The SMILES string of the molecule is CCCOc1ccc2nc(-c3cccnc3)nc(Nc3ccc(Cl)c(Cl)c3)c2c1. The summed E-state index contributed by atoms with van der Waals surface area (Å²) in [6.07, 6.45) is 4.39. The zero-order chi connectivity index (χ0) is 20.2. The summed E-state index contributed by atoms with van der Waals surface area (Å²) in [5.74, 6) is 2.00. The minimum absolute atomic E-state index is 0.467. The lowest BCUT2D eigenvalue weighted by Crippen LogP contribution is -2.01. The molecule has 4 rings (SSSR count). The number of fused-ring (bicyclic) bond motifs is 1. The molecule has 0 atom stereocenters. The first-order valence-electron chi connectivity index (χ1n) is 9.21. The molecule has 0 spiro atoms. The van der Waals surface area contributed by atoms with E-state index in [9.17, 15) is 0 Å². The van der Waals surface area contributed by atoms with Crippen molar-refractivity contribution in [1.82, 2.24) is 15.0 Å².